The molecule has 1 fully saturated rings. The Morgan fingerprint density at radius 3 is 2.59 bits per heavy atom. The average molecular weight is 394 g/mol. The number of nitrogens with zero attached hydrogens (tertiary/aromatic N) is 1. The lowest BCUT2D eigenvalue weighted by Gasteiger charge is -2.17. The van der Waals surface area contributed by atoms with Gasteiger partial charge in [-0.15, -0.1) is 0 Å². The Morgan fingerprint density at radius 2 is 1.90 bits per heavy atom. The van der Waals surface area contributed by atoms with E-state index in [2.05, 4.69) is 5.32 Å². The van der Waals surface area contributed by atoms with Crippen molar-refractivity contribution in [1.29, 1.82) is 0 Å². The Kier molecular flexibility index (Phi) is 6.32. The van der Waals surface area contributed by atoms with Gasteiger partial charge in [0.1, 0.15) is 0 Å². The number of hydrogen-bond acceptors (Lipinski definition) is 4. The van der Waals surface area contributed by atoms with E-state index in [1.54, 1.807) is 29.2 Å². The Balaban J connectivity index is 1.63. The van der Waals surface area contributed by atoms with Crippen LogP contribution in [0, 0.1) is 18.8 Å². The summed E-state index contributed by atoms with van der Waals surface area (Å²) in [5, 5.41) is 2.82. The van der Waals surface area contributed by atoms with Gasteiger partial charge >= 0.3 is 5.97 Å². The maximum atomic E-state index is 12.7. The number of esters is 1. The highest BCUT2D eigenvalue weighted by atomic mass is 16.5. The van der Waals surface area contributed by atoms with Crippen LogP contribution in [0.15, 0.2) is 48.5 Å². The van der Waals surface area contributed by atoms with E-state index in [4.69, 9.17) is 4.74 Å². The van der Waals surface area contributed by atoms with Crippen molar-refractivity contribution in [2.45, 2.75) is 27.2 Å². The lowest BCUT2D eigenvalue weighted by Crippen LogP contribution is -2.28. The molecule has 6 heteroatoms. The highest BCUT2D eigenvalue weighted by Crippen LogP contribution is 2.26. The molecule has 6 nitrogen and oxygen atoms in total. The summed E-state index contributed by atoms with van der Waals surface area (Å²) in [7, 11) is 0. The van der Waals surface area contributed by atoms with Crippen LogP contribution in [0.1, 0.15) is 36.2 Å². The van der Waals surface area contributed by atoms with Crippen LogP contribution in [0.25, 0.3) is 0 Å². The summed E-state index contributed by atoms with van der Waals surface area (Å²) < 4.78 is 5.23. The zero-order chi connectivity index (χ0) is 21.0. The molecule has 1 aliphatic heterocycles. The fourth-order valence-corrected chi connectivity index (χ4v) is 3.15. The Bertz CT molecular complexity index is 905. The van der Waals surface area contributed by atoms with Crippen molar-refractivity contribution in [1.82, 2.24) is 0 Å². The summed E-state index contributed by atoms with van der Waals surface area (Å²) in [6.45, 7) is 6.59. The molecule has 1 N–H and O–H groups in total. The van der Waals surface area contributed by atoms with E-state index in [1.807, 2.05) is 45.0 Å². The van der Waals surface area contributed by atoms with Crippen molar-refractivity contribution < 1.29 is 19.1 Å². The number of rotatable bonds is 6. The number of carbonyl (C=O) groups is 3. The Hall–Kier alpha value is -3.15. The van der Waals surface area contributed by atoms with Gasteiger partial charge < -0.3 is 15.0 Å². The number of carbonyl (C=O) groups excluding carboxylic acids is 3. The monoisotopic (exact) mass is 394 g/mol. The lowest BCUT2D eigenvalue weighted by atomic mass is 10.1. The molecule has 2 amide bonds. The summed E-state index contributed by atoms with van der Waals surface area (Å²) in [4.78, 5) is 38.8. The van der Waals surface area contributed by atoms with Crippen LogP contribution in [-0.4, -0.2) is 30.9 Å². The third-order valence-corrected chi connectivity index (χ3v) is 4.76. The second-order valence-corrected chi connectivity index (χ2v) is 7.80. The van der Waals surface area contributed by atoms with Gasteiger partial charge in [0.25, 0.3) is 0 Å². The third-order valence-electron chi connectivity index (χ3n) is 4.76. The minimum absolute atomic E-state index is 0.0694. The molecule has 1 saturated heterocycles. The van der Waals surface area contributed by atoms with E-state index in [0.717, 1.165) is 11.3 Å². The summed E-state index contributed by atoms with van der Waals surface area (Å²) in [5.41, 5.74) is 2.80. The minimum Gasteiger partial charge on any atom is -0.462 e. The van der Waals surface area contributed by atoms with E-state index in [1.165, 1.54) is 0 Å². The normalized spacial score (nSPS) is 16.2. The second kappa shape index (κ2) is 8.90. The van der Waals surface area contributed by atoms with Crippen LogP contribution < -0.4 is 10.2 Å². The lowest BCUT2D eigenvalue weighted by molar-refractivity contribution is -0.122. The molecule has 0 aliphatic carbocycles. The standard InChI is InChI=1S/C23H26N2O4/c1-15(2)14-29-23(28)17-5-4-6-19(11-17)24-22(27)18-12-21(26)25(13-18)20-9-7-16(3)8-10-20/h4-11,15,18H,12-14H2,1-3H3,(H,24,27)/t18-/m1/s1. The van der Waals surface area contributed by atoms with E-state index in [0.29, 0.717) is 24.4 Å². The summed E-state index contributed by atoms with van der Waals surface area (Å²) >= 11 is 0. The minimum atomic E-state index is -0.444. The van der Waals surface area contributed by atoms with Gasteiger partial charge in [-0.05, 0) is 43.2 Å². The van der Waals surface area contributed by atoms with Crippen molar-refractivity contribution >= 4 is 29.2 Å². The fourth-order valence-electron chi connectivity index (χ4n) is 3.15. The number of nitrogens with one attached hydrogen (secondary N) is 1. The fraction of sp³-hybridized carbons (Fsp3) is 0.348. The predicted molar refractivity (Wildman–Crippen MR) is 112 cm³/mol. The highest BCUT2D eigenvalue weighted by Gasteiger charge is 2.35. The number of benzene rings is 2. The average Bonchev–Trinajstić information content (AvgIpc) is 3.08. The van der Waals surface area contributed by atoms with E-state index >= 15 is 0 Å². The number of amides is 2. The van der Waals surface area contributed by atoms with Gasteiger partial charge in [0.15, 0.2) is 0 Å². The molecule has 0 unspecified atom stereocenters. The van der Waals surface area contributed by atoms with Crippen molar-refractivity contribution in [3.8, 4) is 0 Å². The molecule has 0 radical (unpaired) electrons. The molecular formula is C23H26N2O4. The topological polar surface area (TPSA) is 75.7 Å². The second-order valence-electron chi connectivity index (χ2n) is 7.80. The molecule has 2 aromatic carbocycles. The third kappa shape index (κ3) is 5.22. The maximum absolute atomic E-state index is 12.7. The molecule has 0 saturated carbocycles. The molecule has 152 valence electrons. The maximum Gasteiger partial charge on any atom is 0.338 e. The van der Waals surface area contributed by atoms with Crippen LogP contribution in [0.5, 0.6) is 0 Å². The first kappa shape index (κ1) is 20.6. The zero-order valence-electron chi connectivity index (χ0n) is 17.0. The van der Waals surface area contributed by atoms with E-state index < -0.39 is 11.9 Å². The van der Waals surface area contributed by atoms with Crippen LogP contribution in [0.3, 0.4) is 0 Å². The van der Waals surface area contributed by atoms with E-state index in [9.17, 15) is 14.4 Å². The molecule has 3 rings (SSSR count). The zero-order valence-corrected chi connectivity index (χ0v) is 17.0. The first-order chi connectivity index (χ1) is 13.8. The number of hydrogen-bond donors (Lipinski definition) is 1. The molecule has 1 atom stereocenters. The quantitative estimate of drug-likeness (QED) is 0.756. The number of ether oxygens (including phenoxy) is 1. The van der Waals surface area contributed by atoms with Crippen molar-refractivity contribution in [3.63, 3.8) is 0 Å². The first-order valence-electron chi connectivity index (χ1n) is 9.78. The Labute approximate surface area is 170 Å². The van der Waals surface area contributed by atoms with Gasteiger partial charge in [0, 0.05) is 24.3 Å². The van der Waals surface area contributed by atoms with Crippen LogP contribution >= 0.6 is 0 Å². The molecule has 0 spiro atoms. The predicted octanol–water partition coefficient (Wildman–Crippen LogP) is 3.80. The molecule has 0 aromatic heterocycles. The van der Waals surface area contributed by atoms with Gasteiger partial charge in [-0.1, -0.05) is 37.6 Å². The van der Waals surface area contributed by atoms with Crippen molar-refractivity contribution in [3.05, 3.63) is 59.7 Å². The van der Waals surface area contributed by atoms with E-state index in [-0.39, 0.29) is 24.2 Å². The SMILES string of the molecule is Cc1ccc(N2C[C@H](C(=O)Nc3cccc(C(=O)OCC(C)C)c3)CC2=O)cc1. The van der Waals surface area contributed by atoms with Crippen molar-refractivity contribution in [2.75, 3.05) is 23.4 Å². The molecule has 2 aromatic rings. The van der Waals surface area contributed by atoms with Crippen LogP contribution in [0.2, 0.25) is 0 Å². The Morgan fingerprint density at radius 1 is 1.17 bits per heavy atom. The smallest absolute Gasteiger partial charge is 0.338 e. The molecule has 29 heavy (non-hydrogen) atoms. The van der Waals surface area contributed by atoms with Gasteiger partial charge in [0.2, 0.25) is 11.8 Å². The largest absolute Gasteiger partial charge is 0.462 e. The molecule has 0 bridgehead atoms. The van der Waals surface area contributed by atoms with Crippen molar-refractivity contribution in [2.24, 2.45) is 11.8 Å². The summed E-state index contributed by atoms with van der Waals surface area (Å²) in [5.74, 6) is -0.921. The molecule has 1 aliphatic rings. The van der Waals surface area contributed by atoms with Gasteiger partial charge in [-0.3, -0.25) is 9.59 Å². The summed E-state index contributed by atoms with van der Waals surface area (Å²) in [6.07, 6.45) is 0.163. The van der Waals surface area contributed by atoms with Gasteiger partial charge in [0.05, 0.1) is 18.1 Å². The number of anilines is 2. The molecular weight excluding hydrogens is 368 g/mol. The van der Waals surface area contributed by atoms with Gasteiger partial charge in [-0.25, -0.2) is 4.79 Å². The highest BCUT2D eigenvalue weighted by molar-refractivity contribution is 6.03. The van der Waals surface area contributed by atoms with Crippen LogP contribution in [0.4, 0.5) is 11.4 Å². The van der Waals surface area contributed by atoms with Crippen LogP contribution in [-0.2, 0) is 14.3 Å². The van der Waals surface area contributed by atoms with Gasteiger partial charge in [-0.2, -0.15) is 0 Å². The summed E-state index contributed by atoms with van der Waals surface area (Å²) in [6, 6.07) is 14.3. The first-order valence-corrected chi connectivity index (χ1v) is 9.78. The molecule has 1 heterocycles. The number of aryl methyl sites for hydroxylation is 1.